The number of rotatable bonds is 2. The summed E-state index contributed by atoms with van der Waals surface area (Å²) < 4.78 is 1.03. The molecule has 1 aliphatic rings. The fourth-order valence-electron chi connectivity index (χ4n) is 2.73. The summed E-state index contributed by atoms with van der Waals surface area (Å²) in [6, 6.07) is 6.02. The average Bonchev–Trinajstić information content (AvgIpc) is 2.46. The van der Waals surface area contributed by atoms with Gasteiger partial charge in [-0.1, -0.05) is 15.9 Å². The monoisotopic (exact) mass is 346 g/mol. The van der Waals surface area contributed by atoms with E-state index in [2.05, 4.69) is 25.9 Å². The molecule has 0 fully saturated rings. The highest BCUT2D eigenvalue weighted by Crippen LogP contribution is 2.28. The summed E-state index contributed by atoms with van der Waals surface area (Å²) in [5, 5.41) is 9.11. The van der Waals surface area contributed by atoms with Crippen LogP contribution in [0.2, 0.25) is 0 Å². The molecule has 1 heterocycles. The number of hydrogen-bond acceptors (Lipinski definition) is 3. The lowest BCUT2D eigenvalue weighted by molar-refractivity contribution is -0.142. The molecule has 0 saturated carbocycles. The van der Waals surface area contributed by atoms with Crippen LogP contribution in [0.3, 0.4) is 0 Å². The molecule has 0 aliphatic heterocycles. The molecule has 1 aromatic heterocycles. The molecule has 0 amide bonds. The second kappa shape index (κ2) is 5.56. The van der Waals surface area contributed by atoms with Gasteiger partial charge in [0.25, 0.3) is 0 Å². The number of hydrogen-bond donors (Lipinski definition) is 1. The molecule has 3 rings (SSSR count). The summed E-state index contributed by atoms with van der Waals surface area (Å²) in [6.07, 6.45) is 3.67. The number of fused-ring (bicyclic) bond motifs is 1. The number of halogens is 1. The van der Waals surface area contributed by atoms with E-state index in [9.17, 15) is 4.79 Å². The van der Waals surface area contributed by atoms with E-state index in [1.807, 2.05) is 25.1 Å². The maximum absolute atomic E-state index is 11.1. The number of carboxylic acid groups (broad SMARTS) is 1. The summed E-state index contributed by atoms with van der Waals surface area (Å²) in [5.74, 6) is -0.317. The number of carboxylic acids is 1. The van der Waals surface area contributed by atoms with Crippen LogP contribution in [0.4, 0.5) is 0 Å². The Balaban J connectivity index is 1.95. The normalized spacial score (nSPS) is 17.3. The molecule has 2 aromatic rings. The van der Waals surface area contributed by atoms with Crippen LogP contribution in [0.1, 0.15) is 23.2 Å². The van der Waals surface area contributed by atoms with Gasteiger partial charge in [0.1, 0.15) is 0 Å². The Kier molecular flexibility index (Phi) is 3.76. The van der Waals surface area contributed by atoms with Gasteiger partial charge in [0.15, 0.2) is 5.82 Å². The lowest BCUT2D eigenvalue weighted by atomic mass is 9.87. The molecule has 1 unspecified atom stereocenters. The van der Waals surface area contributed by atoms with Crippen molar-refractivity contribution in [1.29, 1.82) is 0 Å². The highest BCUT2D eigenvalue weighted by Gasteiger charge is 2.25. The summed E-state index contributed by atoms with van der Waals surface area (Å²) in [4.78, 5) is 20.2. The quantitative estimate of drug-likeness (QED) is 0.904. The first-order chi connectivity index (χ1) is 10.0. The zero-order valence-corrected chi connectivity index (χ0v) is 13.2. The van der Waals surface area contributed by atoms with Gasteiger partial charge in [-0.3, -0.25) is 4.79 Å². The highest BCUT2D eigenvalue weighted by atomic mass is 79.9. The van der Waals surface area contributed by atoms with Gasteiger partial charge < -0.3 is 5.11 Å². The van der Waals surface area contributed by atoms with Crippen LogP contribution in [0.25, 0.3) is 11.4 Å². The third-order valence-electron chi connectivity index (χ3n) is 3.93. The molecule has 21 heavy (non-hydrogen) atoms. The van der Waals surface area contributed by atoms with Gasteiger partial charge in [-0.15, -0.1) is 0 Å². The molecular weight excluding hydrogens is 332 g/mol. The Morgan fingerprint density at radius 2 is 2.24 bits per heavy atom. The molecule has 1 aromatic carbocycles. The maximum Gasteiger partial charge on any atom is 0.306 e. The van der Waals surface area contributed by atoms with Crippen LogP contribution in [-0.2, 0) is 17.6 Å². The second-order valence-electron chi connectivity index (χ2n) is 5.40. The molecule has 0 bridgehead atoms. The van der Waals surface area contributed by atoms with E-state index in [0.717, 1.165) is 26.9 Å². The van der Waals surface area contributed by atoms with E-state index >= 15 is 0 Å². The van der Waals surface area contributed by atoms with E-state index in [0.29, 0.717) is 25.1 Å². The van der Waals surface area contributed by atoms with Gasteiger partial charge in [-0.25, -0.2) is 9.97 Å². The third-order valence-corrected chi connectivity index (χ3v) is 4.42. The molecule has 108 valence electrons. The molecule has 1 aliphatic carbocycles. The summed E-state index contributed by atoms with van der Waals surface area (Å²) in [5.41, 5.74) is 4.08. The van der Waals surface area contributed by atoms with Crippen LogP contribution in [0.15, 0.2) is 28.9 Å². The number of aryl methyl sites for hydroxylation is 2. The van der Waals surface area contributed by atoms with Crippen molar-refractivity contribution < 1.29 is 9.90 Å². The summed E-state index contributed by atoms with van der Waals surface area (Å²) >= 11 is 3.45. The van der Waals surface area contributed by atoms with Crippen molar-refractivity contribution in [2.75, 3.05) is 0 Å². The van der Waals surface area contributed by atoms with Crippen molar-refractivity contribution in [2.45, 2.75) is 26.2 Å². The van der Waals surface area contributed by atoms with Gasteiger partial charge in [0.2, 0.25) is 0 Å². The average molecular weight is 347 g/mol. The van der Waals surface area contributed by atoms with E-state index in [1.54, 1.807) is 6.20 Å². The minimum atomic E-state index is -0.728. The van der Waals surface area contributed by atoms with Crippen LogP contribution >= 0.6 is 15.9 Å². The number of carbonyl (C=O) groups is 1. The lowest BCUT2D eigenvalue weighted by Crippen LogP contribution is -2.23. The predicted octanol–water partition coefficient (Wildman–Crippen LogP) is 3.40. The Hall–Kier alpha value is -1.75. The number of aromatic nitrogens is 2. The maximum atomic E-state index is 11.1. The molecule has 0 radical (unpaired) electrons. The SMILES string of the molecule is Cc1cc(Br)ccc1-c1ncc2c(n1)CCC(C(=O)O)C2. The fourth-order valence-corrected chi connectivity index (χ4v) is 3.20. The van der Waals surface area contributed by atoms with Crippen LogP contribution in [0.5, 0.6) is 0 Å². The molecule has 4 nitrogen and oxygen atoms in total. The zero-order valence-electron chi connectivity index (χ0n) is 11.6. The summed E-state index contributed by atoms with van der Waals surface area (Å²) in [7, 11) is 0. The van der Waals surface area contributed by atoms with Crippen molar-refractivity contribution >= 4 is 21.9 Å². The largest absolute Gasteiger partial charge is 0.481 e. The molecular formula is C16H15BrN2O2. The first-order valence-electron chi connectivity index (χ1n) is 6.88. The van der Waals surface area contributed by atoms with Crippen LogP contribution in [-0.4, -0.2) is 21.0 Å². The second-order valence-corrected chi connectivity index (χ2v) is 6.32. The topological polar surface area (TPSA) is 63.1 Å². The molecule has 1 N–H and O–H groups in total. The molecule has 0 saturated heterocycles. The van der Waals surface area contributed by atoms with E-state index in [-0.39, 0.29) is 5.92 Å². The Bertz CT molecular complexity index is 715. The molecule has 0 spiro atoms. The van der Waals surface area contributed by atoms with Crippen LogP contribution < -0.4 is 0 Å². The van der Waals surface area contributed by atoms with Gasteiger partial charge in [-0.05, 0) is 55.5 Å². The van der Waals surface area contributed by atoms with Crippen molar-refractivity contribution in [3.05, 3.63) is 45.7 Å². The van der Waals surface area contributed by atoms with E-state index in [1.165, 1.54) is 0 Å². The lowest BCUT2D eigenvalue weighted by Gasteiger charge is -2.20. The van der Waals surface area contributed by atoms with E-state index < -0.39 is 5.97 Å². The van der Waals surface area contributed by atoms with Crippen molar-refractivity contribution in [1.82, 2.24) is 9.97 Å². The van der Waals surface area contributed by atoms with Crippen molar-refractivity contribution in [2.24, 2.45) is 5.92 Å². The smallest absolute Gasteiger partial charge is 0.306 e. The van der Waals surface area contributed by atoms with Gasteiger partial charge in [-0.2, -0.15) is 0 Å². The highest BCUT2D eigenvalue weighted by molar-refractivity contribution is 9.10. The third kappa shape index (κ3) is 2.83. The van der Waals surface area contributed by atoms with Crippen molar-refractivity contribution in [3.63, 3.8) is 0 Å². The Morgan fingerprint density at radius 1 is 1.43 bits per heavy atom. The molecule has 1 atom stereocenters. The zero-order chi connectivity index (χ0) is 15.0. The van der Waals surface area contributed by atoms with E-state index in [4.69, 9.17) is 5.11 Å². The Morgan fingerprint density at radius 3 is 2.95 bits per heavy atom. The first kappa shape index (κ1) is 14.2. The van der Waals surface area contributed by atoms with Crippen molar-refractivity contribution in [3.8, 4) is 11.4 Å². The molecule has 5 heteroatoms. The Labute approximate surface area is 131 Å². The minimum Gasteiger partial charge on any atom is -0.481 e. The van der Waals surface area contributed by atoms with Crippen LogP contribution in [0, 0.1) is 12.8 Å². The fraction of sp³-hybridized carbons (Fsp3) is 0.312. The number of benzene rings is 1. The summed E-state index contributed by atoms with van der Waals surface area (Å²) in [6.45, 7) is 2.03. The van der Waals surface area contributed by atoms with Gasteiger partial charge >= 0.3 is 5.97 Å². The minimum absolute atomic E-state index is 0.304. The number of nitrogens with zero attached hydrogens (tertiary/aromatic N) is 2. The van der Waals surface area contributed by atoms with Gasteiger partial charge in [0, 0.05) is 21.9 Å². The predicted molar refractivity (Wildman–Crippen MR) is 83.1 cm³/mol. The standard InChI is InChI=1S/C16H15BrN2O2/c1-9-6-12(17)3-4-13(9)15-18-8-11-7-10(16(20)21)2-5-14(11)19-15/h3-4,6,8,10H,2,5,7H2,1H3,(H,20,21). The first-order valence-corrected chi connectivity index (χ1v) is 7.68. The van der Waals surface area contributed by atoms with Gasteiger partial charge in [0.05, 0.1) is 5.92 Å². The number of aliphatic carboxylic acids is 1.